The third-order valence-corrected chi connectivity index (χ3v) is 6.84. The highest BCUT2D eigenvalue weighted by molar-refractivity contribution is 5.88. The lowest BCUT2D eigenvalue weighted by molar-refractivity contribution is -0.341. The third kappa shape index (κ3) is 1.96. The van der Waals surface area contributed by atoms with E-state index in [0.29, 0.717) is 18.3 Å². The topological polar surface area (TPSA) is 44.8 Å². The van der Waals surface area contributed by atoms with Crippen molar-refractivity contribution in [3.8, 4) is 0 Å². The standard InChI is InChI=1S/C18H26O4/c19-14-10-13-17(22-18(14)7-3-1-2-4-8-18)21-16-12-6-5-11(9-12)15(16)20-13/h11-13,15-17H,1-10H2/t11-,12+,13-,15+,16-,17+/m0/s1. The van der Waals surface area contributed by atoms with Crippen LogP contribution >= 0.6 is 0 Å². The Bertz CT molecular complexity index is 468. The maximum Gasteiger partial charge on any atom is 0.185 e. The number of fused-ring (bicyclic) bond motifs is 6. The van der Waals surface area contributed by atoms with Gasteiger partial charge in [0.25, 0.3) is 0 Å². The normalized spacial score (nSPS) is 49.7. The zero-order chi connectivity index (χ0) is 14.7. The average Bonchev–Trinajstić information content (AvgIpc) is 3.04. The predicted octanol–water partition coefficient (Wildman–Crippen LogP) is 2.98. The minimum Gasteiger partial charge on any atom is -0.366 e. The zero-order valence-corrected chi connectivity index (χ0v) is 13.2. The Morgan fingerprint density at radius 3 is 2.32 bits per heavy atom. The summed E-state index contributed by atoms with van der Waals surface area (Å²) in [5, 5.41) is 0. The second-order valence-corrected chi connectivity index (χ2v) is 8.10. The molecule has 0 radical (unpaired) electrons. The van der Waals surface area contributed by atoms with Gasteiger partial charge < -0.3 is 14.2 Å². The molecule has 122 valence electrons. The molecule has 3 aliphatic carbocycles. The molecule has 0 amide bonds. The Kier molecular flexibility index (Phi) is 3.18. The Balaban J connectivity index is 1.37. The van der Waals surface area contributed by atoms with Crippen molar-refractivity contribution in [2.24, 2.45) is 11.8 Å². The van der Waals surface area contributed by atoms with Crippen molar-refractivity contribution in [1.82, 2.24) is 0 Å². The monoisotopic (exact) mass is 306 g/mol. The highest BCUT2D eigenvalue weighted by Gasteiger charge is 2.58. The highest BCUT2D eigenvalue weighted by atomic mass is 16.7. The Labute approximate surface area is 131 Å². The van der Waals surface area contributed by atoms with Crippen molar-refractivity contribution in [2.75, 3.05) is 0 Å². The molecule has 0 aromatic rings. The Morgan fingerprint density at radius 2 is 1.59 bits per heavy atom. The first-order valence-corrected chi connectivity index (χ1v) is 9.27. The smallest absolute Gasteiger partial charge is 0.185 e. The van der Waals surface area contributed by atoms with E-state index in [9.17, 15) is 4.79 Å². The van der Waals surface area contributed by atoms with Gasteiger partial charge in [-0.25, -0.2) is 0 Å². The number of ketones is 1. The molecule has 2 aliphatic heterocycles. The zero-order valence-electron chi connectivity index (χ0n) is 13.2. The van der Waals surface area contributed by atoms with Crippen LogP contribution in [0.25, 0.3) is 0 Å². The summed E-state index contributed by atoms with van der Waals surface area (Å²) in [5.74, 6) is 1.57. The molecular weight excluding hydrogens is 280 g/mol. The van der Waals surface area contributed by atoms with Gasteiger partial charge in [0.05, 0.1) is 12.2 Å². The van der Waals surface area contributed by atoms with E-state index in [-0.39, 0.29) is 30.4 Å². The molecule has 1 spiro atoms. The van der Waals surface area contributed by atoms with Gasteiger partial charge in [0, 0.05) is 6.42 Å². The van der Waals surface area contributed by atoms with Crippen molar-refractivity contribution >= 4 is 5.78 Å². The van der Waals surface area contributed by atoms with Crippen molar-refractivity contribution in [3.05, 3.63) is 0 Å². The molecule has 0 aromatic carbocycles. The minimum atomic E-state index is -0.564. The molecule has 2 heterocycles. The van der Waals surface area contributed by atoms with Gasteiger partial charge in [0.1, 0.15) is 11.7 Å². The quantitative estimate of drug-likeness (QED) is 0.690. The molecular formula is C18H26O4. The molecule has 22 heavy (non-hydrogen) atoms. The maximum atomic E-state index is 12.8. The summed E-state index contributed by atoms with van der Waals surface area (Å²) in [6, 6.07) is 0. The first kappa shape index (κ1) is 13.9. The van der Waals surface area contributed by atoms with E-state index in [1.807, 2.05) is 0 Å². The molecule has 2 bridgehead atoms. The summed E-state index contributed by atoms with van der Waals surface area (Å²) < 4.78 is 19.0. The van der Waals surface area contributed by atoms with Crippen LogP contribution in [-0.4, -0.2) is 36.0 Å². The van der Waals surface area contributed by atoms with E-state index in [4.69, 9.17) is 14.2 Å². The maximum absolute atomic E-state index is 12.8. The minimum absolute atomic E-state index is 0.165. The van der Waals surface area contributed by atoms with Gasteiger partial charge in [-0.15, -0.1) is 0 Å². The molecule has 0 aromatic heterocycles. The van der Waals surface area contributed by atoms with E-state index in [1.54, 1.807) is 0 Å². The predicted molar refractivity (Wildman–Crippen MR) is 79.3 cm³/mol. The summed E-state index contributed by atoms with van der Waals surface area (Å²) in [4.78, 5) is 12.8. The first-order valence-electron chi connectivity index (χ1n) is 9.27. The molecule has 4 heteroatoms. The Morgan fingerprint density at radius 1 is 0.909 bits per heavy atom. The van der Waals surface area contributed by atoms with Crippen molar-refractivity contribution in [2.45, 2.75) is 94.4 Å². The summed E-state index contributed by atoms with van der Waals surface area (Å²) in [6.07, 6.45) is 10.6. The molecule has 0 N–H and O–H groups in total. The molecule has 5 aliphatic rings. The molecule has 2 saturated heterocycles. The van der Waals surface area contributed by atoms with Crippen LogP contribution in [0.4, 0.5) is 0 Å². The van der Waals surface area contributed by atoms with Gasteiger partial charge in [-0.2, -0.15) is 0 Å². The number of carbonyl (C=O) groups is 1. The largest absolute Gasteiger partial charge is 0.366 e. The summed E-state index contributed by atoms with van der Waals surface area (Å²) >= 11 is 0. The number of Topliss-reactive ketones (excluding diaryl/α,β-unsaturated/α-hetero) is 1. The number of ether oxygens (including phenoxy) is 3. The third-order valence-electron chi connectivity index (χ3n) is 6.84. The lowest BCUT2D eigenvalue weighted by Gasteiger charge is -2.49. The second-order valence-electron chi connectivity index (χ2n) is 8.10. The van der Waals surface area contributed by atoms with Crippen molar-refractivity contribution in [1.29, 1.82) is 0 Å². The van der Waals surface area contributed by atoms with Crippen LogP contribution in [0, 0.1) is 11.8 Å². The van der Waals surface area contributed by atoms with Crippen LogP contribution in [-0.2, 0) is 19.0 Å². The van der Waals surface area contributed by atoms with Gasteiger partial charge in [-0.3, -0.25) is 4.79 Å². The molecule has 0 unspecified atom stereocenters. The van der Waals surface area contributed by atoms with Crippen LogP contribution in [0.1, 0.15) is 64.2 Å². The molecule has 6 atom stereocenters. The van der Waals surface area contributed by atoms with Crippen LogP contribution < -0.4 is 0 Å². The van der Waals surface area contributed by atoms with Crippen LogP contribution in [0.15, 0.2) is 0 Å². The summed E-state index contributed by atoms with van der Waals surface area (Å²) in [6.45, 7) is 0. The fraction of sp³-hybridized carbons (Fsp3) is 0.944. The summed E-state index contributed by atoms with van der Waals surface area (Å²) in [5.41, 5.74) is -0.564. The number of hydrogen-bond acceptors (Lipinski definition) is 4. The van der Waals surface area contributed by atoms with Gasteiger partial charge in [0.2, 0.25) is 0 Å². The number of rotatable bonds is 0. The molecule has 4 nitrogen and oxygen atoms in total. The lowest BCUT2D eigenvalue weighted by atomic mass is 9.83. The summed E-state index contributed by atoms with van der Waals surface area (Å²) in [7, 11) is 0. The highest BCUT2D eigenvalue weighted by Crippen LogP contribution is 2.52. The van der Waals surface area contributed by atoms with E-state index >= 15 is 0 Å². The molecule has 5 fully saturated rings. The van der Waals surface area contributed by atoms with Gasteiger partial charge in [-0.05, 0) is 43.9 Å². The van der Waals surface area contributed by atoms with E-state index in [2.05, 4.69) is 0 Å². The molecule has 5 rings (SSSR count). The van der Waals surface area contributed by atoms with Gasteiger partial charge in [0.15, 0.2) is 12.1 Å². The number of carbonyl (C=O) groups excluding carboxylic acids is 1. The van der Waals surface area contributed by atoms with E-state index < -0.39 is 5.60 Å². The van der Waals surface area contributed by atoms with Gasteiger partial charge in [-0.1, -0.05) is 25.7 Å². The van der Waals surface area contributed by atoms with Crippen molar-refractivity contribution < 1.29 is 19.0 Å². The SMILES string of the molecule is O=C1C[C@@H]2O[C@@H]3[C@H]4CC[C@H](C4)[C@@H]3O[C@@H]2OC12CCCCCC2. The Hall–Kier alpha value is -0.450. The van der Waals surface area contributed by atoms with Crippen molar-refractivity contribution in [3.63, 3.8) is 0 Å². The number of hydrogen-bond donors (Lipinski definition) is 0. The fourth-order valence-electron chi connectivity index (χ4n) is 5.67. The second kappa shape index (κ2) is 5.02. The first-order chi connectivity index (χ1) is 10.8. The lowest BCUT2D eigenvalue weighted by Crippen LogP contribution is -2.61. The van der Waals surface area contributed by atoms with E-state index in [0.717, 1.165) is 25.7 Å². The van der Waals surface area contributed by atoms with Crippen LogP contribution in [0.3, 0.4) is 0 Å². The average molecular weight is 306 g/mol. The van der Waals surface area contributed by atoms with Crippen LogP contribution in [0.2, 0.25) is 0 Å². The molecule has 3 saturated carbocycles. The van der Waals surface area contributed by atoms with E-state index in [1.165, 1.54) is 32.1 Å². The van der Waals surface area contributed by atoms with Gasteiger partial charge >= 0.3 is 0 Å². The fourth-order valence-corrected chi connectivity index (χ4v) is 5.67. The van der Waals surface area contributed by atoms with Crippen LogP contribution in [0.5, 0.6) is 0 Å².